The van der Waals surface area contributed by atoms with Gasteiger partial charge in [-0.2, -0.15) is 5.10 Å². The smallest absolute Gasteiger partial charge is 0.253 e. The van der Waals surface area contributed by atoms with Gasteiger partial charge in [-0.15, -0.1) is 0 Å². The zero-order valence-corrected chi connectivity index (χ0v) is 23.7. The zero-order chi connectivity index (χ0) is 28.5. The number of halogens is 1. The predicted octanol–water partition coefficient (Wildman–Crippen LogP) is 5.41. The summed E-state index contributed by atoms with van der Waals surface area (Å²) in [4.78, 5) is 17.1. The summed E-state index contributed by atoms with van der Waals surface area (Å²) < 4.78 is 15.9. The highest BCUT2D eigenvalue weighted by molar-refractivity contribution is 5.94. The number of nitrogen functional groups attached to an aromatic ring is 1. The molecule has 3 aromatic rings. The van der Waals surface area contributed by atoms with E-state index < -0.39 is 0 Å². The molecule has 3 N–H and O–H groups in total. The summed E-state index contributed by atoms with van der Waals surface area (Å²) in [5.41, 5.74) is 9.58. The molecule has 0 fully saturated rings. The largest absolute Gasteiger partial charge is 0.383 e. The van der Waals surface area contributed by atoms with E-state index in [0.29, 0.717) is 47.5 Å². The second-order valence-corrected chi connectivity index (χ2v) is 9.86. The first-order valence-corrected chi connectivity index (χ1v) is 13.4. The van der Waals surface area contributed by atoms with Crippen molar-refractivity contribution in [1.82, 2.24) is 24.9 Å². The van der Waals surface area contributed by atoms with Crippen molar-refractivity contribution in [1.29, 1.82) is 0 Å². The van der Waals surface area contributed by atoms with Crippen LogP contribution in [0.3, 0.4) is 0 Å². The van der Waals surface area contributed by atoms with Crippen LogP contribution in [-0.2, 0) is 6.54 Å². The summed E-state index contributed by atoms with van der Waals surface area (Å²) in [6.07, 6.45) is 5.40. The Balaban J connectivity index is 1.70. The first kappa shape index (κ1) is 29.6. The van der Waals surface area contributed by atoms with Crippen LogP contribution in [0.25, 0.3) is 11.4 Å². The van der Waals surface area contributed by atoms with Crippen molar-refractivity contribution in [2.45, 2.75) is 46.2 Å². The Morgan fingerprint density at radius 1 is 1.18 bits per heavy atom. The van der Waals surface area contributed by atoms with E-state index in [0.717, 1.165) is 30.5 Å². The number of rotatable bonds is 13. The third-order valence-corrected chi connectivity index (χ3v) is 7.17. The minimum atomic E-state index is -0.351. The molecule has 0 aliphatic rings. The van der Waals surface area contributed by atoms with Crippen molar-refractivity contribution in [3.63, 3.8) is 0 Å². The molecule has 39 heavy (non-hydrogen) atoms. The van der Waals surface area contributed by atoms with E-state index in [-0.39, 0.29) is 11.7 Å². The molecule has 0 aliphatic heterocycles. The topological polar surface area (TPSA) is 79.4 Å². The van der Waals surface area contributed by atoms with E-state index in [2.05, 4.69) is 42.8 Å². The van der Waals surface area contributed by atoms with Crippen molar-refractivity contribution in [2.75, 3.05) is 32.9 Å². The van der Waals surface area contributed by atoms with Gasteiger partial charge in [0, 0.05) is 42.9 Å². The fraction of sp³-hybridized carbons (Fsp3) is 0.355. The molecule has 1 atom stereocenters. The lowest BCUT2D eigenvalue weighted by atomic mass is 10.1. The van der Waals surface area contributed by atoms with Crippen molar-refractivity contribution < 1.29 is 9.18 Å². The number of carbonyl (C=O) groups excluding carboxylic acids is 1. The van der Waals surface area contributed by atoms with Gasteiger partial charge in [-0.05, 0) is 68.8 Å². The maximum atomic E-state index is 14.4. The summed E-state index contributed by atoms with van der Waals surface area (Å²) in [7, 11) is 3.98. The minimum absolute atomic E-state index is 0.00470. The normalized spacial score (nSPS) is 12.4. The Kier molecular flexibility index (Phi) is 10.5. The quantitative estimate of drug-likeness (QED) is 0.288. The molecule has 0 bridgehead atoms. The number of allylic oxidation sites excluding steroid dienone is 2. The molecule has 208 valence electrons. The Bertz CT molecular complexity index is 1300. The standard InChI is InChI=1S/C31H41FN6O/c1-7-26(36(5)8-2)17-18-37(6)31(39)25-15-13-24(14-16-25)21-34-29(38-30(33)23(4)20-35-38)19-22(3)27-11-9-10-12-28(27)32/h9-16,19-20,26,34H,3,7-8,17-18,21,33H2,1-2,4-6H3/b29-19-. The molecular formula is C31H41FN6O. The minimum Gasteiger partial charge on any atom is -0.383 e. The van der Waals surface area contributed by atoms with Gasteiger partial charge in [0.2, 0.25) is 0 Å². The first-order valence-electron chi connectivity index (χ1n) is 13.4. The van der Waals surface area contributed by atoms with Gasteiger partial charge in [0.25, 0.3) is 5.91 Å². The van der Waals surface area contributed by atoms with Crippen LogP contribution >= 0.6 is 0 Å². The lowest BCUT2D eigenvalue weighted by molar-refractivity contribution is 0.0779. The number of nitrogens with two attached hydrogens (primary N) is 1. The van der Waals surface area contributed by atoms with E-state index in [9.17, 15) is 9.18 Å². The fourth-order valence-corrected chi connectivity index (χ4v) is 4.40. The number of nitrogens with zero attached hydrogens (tertiary/aromatic N) is 4. The maximum Gasteiger partial charge on any atom is 0.253 e. The van der Waals surface area contributed by atoms with Crippen LogP contribution in [0.1, 0.15) is 53.7 Å². The van der Waals surface area contributed by atoms with Crippen LogP contribution in [0.5, 0.6) is 0 Å². The van der Waals surface area contributed by atoms with Crippen LogP contribution in [0, 0.1) is 12.7 Å². The Labute approximate surface area is 231 Å². The van der Waals surface area contributed by atoms with Gasteiger partial charge in [0.15, 0.2) is 0 Å². The Morgan fingerprint density at radius 3 is 2.46 bits per heavy atom. The lowest BCUT2D eigenvalue weighted by Crippen LogP contribution is -2.36. The molecule has 7 nitrogen and oxygen atoms in total. The summed E-state index contributed by atoms with van der Waals surface area (Å²) in [6, 6.07) is 14.5. The second-order valence-electron chi connectivity index (χ2n) is 9.86. The number of hydrogen-bond donors (Lipinski definition) is 2. The summed E-state index contributed by atoms with van der Waals surface area (Å²) in [5, 5.41) is 7.73. The third kappa shape index (κ3) is 7.57. The third-order valence-electron chi connectivity index (χ3n) is 7.17. The predicted molar refractivity (Wildman–Crippen MR) is 158 cm³/mol. The van der Waals surface area contributed by atoms with Gasteiger partial charge < -0.3 is 20.9 Å². The highest BCUT2D eigenvalue weighted by Gasteiger charge is 2.16. The number of hydrogen-bond acceptors (Lipinski definition) is 5. The monoisotopic (exact) mass is 532 g/mol. The zero-order valence-electron chi connectivity index (χ0n) is 23.7. The molecule has 1 unspecified atom stereocenters. The Morgan fingerprint density at radius 2 is 1.87 bits per heavy atom. The summed E-state index contributed by atoms with van der Waals surface area (Å²) in [6.45, 7) is 12.4. The molecule has 0 aliphatic carbocycles. The highest BCUT2D eigenvalue weighted by Crippen LogP contribution is 2.22. The van der Waals surface area contributed by atoms with E-state index in [1.165, 1.54) is 6.07 Å². The Hall–Kier alpha value is -3.91. The van der Waals surface area contributed by atoms with Crippen molar-refractivity contribution >= 4 is 23.1 Å². The lowest BCUT2D eigenvalue weighted by Gasteiger charge is -2.28. The molecule has 1 heterocycles. The summed E-state index contributed by atoms with van der Waals surface area (Å²) in [5.74, 6) is 0.700. The van der Waals surface area contributed by atoms with Crippen molar-refractivity contribution in [3.8, 4) is 0 Å². The molecule has 1 aromatic heterocycles. The van der Waals surface area contributed by atoms with Crippen LogP contribution in [0.15, 0.2) is 67.4 Å². The van der Waals surface area contributed by atoms with E-state index in [1.807, 2.05) is 38.2 Å². The summed E-state index contributed by atoms with van der Waals surface area (Å²) >= 11 is 0. The van der Waals surface area contributed by atoms with E-state index >= 15 is 0 Å². The average molecular weight is 533 g/mol. The molecule has 8 heteroatoms. The van der Waals surface area contributed by atoms with Gasteiger partial charge in [0.1, 0.15) is 17.5 Å². The average Bonchev–Trinajstić information content (AvgIpc) is 3.28. The SMILES string of the molecule is C=C(/C=C(/NCc1ccc(C(=O)N(C)CCC(CC)N(C)CC)cc1)n1ncc(C)c1N)c1ccccc1F. The number of carbonyl (C=O) groups is 1. The molecule has 1 amide bonds. The number of anilines is 1. The van der Waals surface area contributed by atoms with E-state index in [1.54, 1.807) is 40.1 Å². The first-order chi connectivity index (χ1) is 18.7. The molecular weight excluding hydrogens is 491 g/mol. The fourth-order valence-electron chi connectivity index (χ4n) is 4.40. The van der Waals surface area contributed by atoms with Gasteiger partial charge in [-0.25, -0.2) is 9.07 Å². The number of aryl methyl sites for hydroxylation is 1. The number of benzene rings is 2. The molecule has 3 rings (SSSR count). The van der Waals surface area contributed by atoms with Crippen molar-refractivity contribution in [2.24, 2.45) is 0 Å². The molecule has 0 saturated heterocycles. The van der Waals surface area contributed by atoms with Crippen LogP contribution in [0.4, 0.5) is 10.2 Å². The molecule has 0 saturated carbocycles. The molecule has 2 aromatic carbocycles. The number of amides is 1. The van der Waals surface area contributed by atoms with E-state index in [4.69, 9.17) is 5.73 Å². The number of nitrogens with one attached hydrogen (secondary N) is 1. The maximum absolute atomic E-state index is 14.4. The highest BCUT2D eigenvalue weighted by atomic mass is 19.1. The van der Waals surface area contributed by atoms with Crippen LogP contribution in [-0.4, -0.2) is 58.7 Å². The molecule has 0 spiro atoms. The van der Waals surface area contributed by atoms with Crippen LogP contribution < -0.4 is 11.1 Å². The molecule has 0 radical (unpaired) electrons. The van der Waals surface area contributed by atoms with Gasteiger partial charge in [0.05, 0.1) is 6.20 Å². The van der Waals surface area contributed by atoms with Gasteiger partial charge in [-0.3, -0.25) is 4.79 Å². The van der Waals surface area contributed by atoms with Crippen LogP contribution in [0.2, 0.25) is 0 Å². The number of aromatic nitrogens is 2. The van der Waals surface area contributed by atoms with Crippen molar-refractivity contribution in [3.05, 3.63) is 95.5 Å². The van der Waals surface area contributed by atoms with Gasteiger partial charge >= 0.3 is 0 Å². The van der Waals surface area contributed by atoms with Gasteiger partial charge in [-0.1, -0.05) is 50.8 Å². The second kappa shape index (κ2) is 13.8.